The highest BCUT2D eigenvalue weighted by molar-refractivity contribution is 6.39. The zero-order valence-electron chi connectivity index (χ0n) is 74.1. The highest BCUT2D eigenvalue weighted by Crippen LogP contribution is 2.39. The van der Waals surface area contributed by atoms with Crippen molar-refractivity contribution in [3.8, 4) is 11.3 Å². The summed E-state index contributed by atoms with van der Waals surface area (Å²) in [4.78, 5) is 111. The van der Waals surface area contributed by atoms with Crippen LogP contribution >= 0.6 is 0 Å². The van der Waals surface area contributed by atoms with Crippen LogP contribution in [0.15, 0.2) is 82.7 Å². The number of ether oxygens (including phenoxy) is 13. The summed E-state index contributed by atoms with van der Waals surface area (Å²) >= 11 is 0. The van der Waals surface area contributed by atoms with E-state index in [1.54, 1.807) is 56.4 Å². The number of methoxy groups -OCH3 is 2. The van der Waals surface area contributed by atoms with Crippen LogP contribution in [0.4, 0.5) is 16.6 Å². The minimum atomic E-state index is -2.52. The van der Waals surface area contributed by atoms with Gasteiger partial charge in [-0.1, -0.05) is 69.4 Å². The summed E-state index contributed by atoms with van der Waals surface area (Å²) < 4.78 is 83.1. The molecule has 11 N–H and O–H groups in total. The number of nitrogens with one attached hydrogen (secondary N) is 2. The van der Waals surface area contributed by atoms with E-state index in [2.05, 4.69) is 35.9 Å². The Balaban J connectivity index is 0.592. The molecule has 3 amide bonds. The highest BCUT2D eigenvalue weighted by Gasteiger charge is 2.53. The summed E-state index contributed by atoms with van der Waals surface area (Å²) in [7, 11) is 2.89. The number of piperidine rings is 1. The number of nitrogens with zero attached hydrogens (tertiary/aromatic N) is 9. The molecule has 1 aromatic carbocycles. The number of nitrogens with two attached hydrogens (primary N) is 3. The number of esters is 1. The molecule has 2 bridgehead atoms. The summed E-state index contributed by atoms with van der Waals surface area (Å²) in [5.41, 5.74) is 23.8. The quantitative estimate of drug-likeness (QED) is 0.00966. The number of carbonyl (C=O) groups is 7. The zero-order chi connectivity index (χ0) is 90.5. The number of benzene rings is 1. The molecule has 3 fully saturated rings. The zero-order valence-corrected chi connectivity index (χ0v) is 74.1. The number of hydrogen-bond donors (Lipinski definition) is 8. The molecule has 38 heteroatoms. The Morgan fingerprint density at radius 2 is 1.41 bits per heavy atom. The maximum Gasteiger partial charge on any atom is 0.407 e. The van der Waals surface area contributed by atoms with Crippen LogP contribution in [-0.2, 0) is 110 Å². The number of aryl methyl sites for hydroxylation is 1. The number of fused-ring (bicyclic) bond motifs is 5. The fourth-order valence-corrected chi connectivity index (χ4v) is 15.8. The second-order valence-corrected chi connectivity index (χ2v) is 32.7. The van der Waals surface area contributed by atoms with Crippen molar-refractivity contribution in [3.63, 3.8) is 0 Å². The van der Waals surface area contributed by atoms with Crippen molar-refractivity contribution in [2.24, 2.45) is 35.3 Å². The third kappa shape index (κ3) is 31.2. The first kappa shape index (κ1) is 101. The third-order valence-corrected chi connectivity index (χ3v) is 23.1. The number of Topliss-reactive ketones (excluding diaryl/α,β-unsaturated/α-hetero) is 3. The lowest BCUT2D eigenvalue weighted by Gasteiger charge is -2.42. The Morgan fingerprint density at radius 3 is 2.08 bits per heavy atom. The van der Waals surface area contributed by atoms with E-state index < -0.39 is 114 Å². The summed E-state index contributed by atoms with van der Waals surface area (Å²) in [5.74, 6) is -8.80. The number of hydrogen-bond acceptors (Lipinski definition) is 33. The lowest BCUT2D eigenvalue weighted by atomic mass is 9.80. The van der Waals surface area contributed by atoms with E-state index in [1.807, 2.05) is 56.4 Å². The van der Waals surface area contributed by atoms with Crippen molar-refractivity contribution >= 4 is 75.2 Å². The predicted octanol–water partition coefficient (Wildman–Crippen LogP) is 5.98. The van der Waals surface area contributed by atoms with Crippen LogP contribution in [-0.4, -0.2) is 295 Å². The van der Waals surface area contributed by atoms with Gasteiger partial charge in [0.05, 0.1) is 149 Å². The van der Waals surface area contributed by atoms with Crippen molar-refractivity contribution < 1.29 is 115 Å². The standard InChI is InChI=1S/C88H132N14O24/c1-56-16-10-9-11-17-57(2)73(113-7)51-65-22-19-61(6)88(112,126-65)81(108)84(109)101-27-14-12-18-68(101)85(110)123-74(52-69(103)58(3)47-60(5)79(107)80(114-8)78(106)59(4)46-56)66(89)48-62-20-23-72(70(104)49-62)125-87(111)93-53-64-54-100(99-97-64)29-31-116-33-35-118-37-39-120-41-43-122-45-44-121-42-40-119-38-36-117-34-32-115-30-25-75(105)92-26-13-15-28-102-83-76(82(90)94-55-95-83)77(98-102)63-21-24-71-67(50-63)96-86(91)124-71/h9-11,16-17,21,24,47,50,54-56,58-59,61-62,65-66,68,70,72-74,79-80,104,107,112H,12-15,18-20,22-23,25-46,48-49,51-53,89H2,1-8H3,(H2,91,96)(H,92,105)(H,93,111)(H2,90,94,95)/b11-9?,16-10+,57-17?,60-47+/t56-,58-,59-,61-,62+,65+,66-,68+,70-,72-,73+,74+,79-,80+,88-/m1/s1. The van der Waals surface area contributed by atoms with Crippen LogP contribution in [0.2, 0.25) is 0 Å². The van der Waals surface area contributed by atoms with Gasteiger partial charge in [-0.3, -0.25) is 24.0 Å². The van der Waals surface area contributed by atoms with Gasteiger partial charge in [-0.25, -0.2) is 28.9 Å². The Labute approximate surface area is 735 Å². The molecule has 0 unspecified atom stereocenters. The minimum absolute atomic E-state index is 0.0107. The van der Waals surface area contributed by atoms with Crippen LogP contribution in [0.1, 0.15) is 144 Å². The number of anilines is 2. The maximum atomic E-state index is 14.7. The molecule has 5 aromatic rings. The summed E-state index contributed by atoms with van der Waals surface area (Å²) in [5, 5.41) is 54.5. The maximum absolute atomic E-state index is 14.7. The van der Waals surface area contributed by atoms with E-state index in [9.17, 15) is 48.9 Å². The van der Waals surface area contributed by atoms with E-state index in [0.717, 1.165) is 28.9 Å². The molecular formula is C88H132N14O24. The van der Waals surface area contributed by atoms with Crippen LogP contribution in [0, 0.1) is 29.6 Å². The number of unbranched alkanes of at least 4 members (excludes halogenated alkanes) is 1. The number of allylic oxidation sites excluding steroid dienone is 6. The molecule has 4 aliphatic rings. The molecule has 15 atom stereocenters. The van der Waals surface area contributed by atoms with Crippen LogP contribution in [0.5, 0.6) is 0 Å². The number of rotatable bonds is 41. The average molecular weight is 1770 g/mol. The van der Waals surface area contributed by atoms with Crippen LogP contribution in [0.25, 0.3) is 33.4 Å². The van der Waals surface area contributed by atoms with E-state index in [-0.39, 0.29) is 87.8 Å². The van der Waals surface area contributed by atoms with Gasteiger partial charge in [0, 0.05) is 82.5 Å². The lowest BCUT2D eigenvalue weighted by molar-refractivity contribution is -0.265. The highest BCUT2D eigenvalue weighted by atomic mass is 16.6. The number of ketones is 3. The third-order valence-electron chi connectivity index (χ3n) is 23.1. The molecule has 698 valence electrons. The van der Waals surface area contributed by atoms with Gasteiger partial charge in [-0.2, -0.15) is 10.1 Å². The van der Waals surface area contributed by atoms with Gasteiger partial charge in [0.25, 0.3) is 17.7 Å². The summed E-state index contributed by atoms with van der Waals surface area (Å²) in [6.45, 7) is 17.9. The molecule has 38 nitrogen and oxygen atoms in total. The summed E-state index contributed by atoms with van der Waals surface area (Å²) in [6, 6.07) is 3.25. The van der Waals surface area contributed by atoms with Crippen LogP contribution in [0.3, 0.4) is 0 Å². The average Bonchev–Trinajstić information content (AvgIpc) is 1.58. The number of aliphatic hydroxyl groups is 3. The number of alkyl carbamates (subject to hydrolysis) is 1. The SMILES string of the molecule is CO[C@H]1C[C@@H]2CC[C@@H](C)[C@@](O)(O2)C(=O)C(=O)N2CCCC[C@H]2C(=O)O[C@H]([C@H](N)C[C@@H]2CC[C@@H](OC(=O)NCc3cn(CCOCCOCCOCCOCCOCCOCCOCCOCCC(=O)NCCCCn4nc(-c5ccc6oc(N)nc6c5)c5c(N)ncnc54)nn3)[C@H](O)C2)CC(=O)[C@H](C)/C=C(\C)[C@@H](O)[C@@H](OC)C(=O)[C@H](C)C[C@H](C)/C=C/C=CC=C1C. The second-order valence-electron chi connectivity index (χ2n) is 32.7. The summed E-state index contributed by atoms with van der Waals surface area (Å²) in [6.07, 6.45) is 11.0. The second kappa shape index (κ2) is 52.5. The van der Waals surface area contributed by atoms with Gasteiger partial charge in [-0.15, -0.1) is 5.10 Å². The van der Waals surface area contributed by atoms with E-state index in [4.69, 9.17) is 88.3 Å². The van der Waals surface area contributed by atoms with Crippen molar-refractivity contribution in [2.45, 2.75) is 218 Å². The molecule has 1 aliphatic carbocycles. The molecule has 0 spiro atoms. The first-order chi connectivity index (χ1) is 60.7. The first-order valence-electron chi connectivity index (χ1n) is 44.0. The van der Waals surface area contributed by atoms with Crippen molar-refractivity contribution in [1.29, 1.82) is 0 Å². The monoisotopic (exact) mass is 1770 g/mol. The molecule has 126 heavy (non-hydrogen) atoms. The fourth-order valence-electron chi connectivity index (χ4n) is 15.8. The Hall–Kier alpha value is -8.97. The van der Waals surface area contributed by atoms with Crippen molar-refractivity contribution in [3.05, 3.63) is 84.0 Å². The Kier molecular flexibility index (Phi) is 42.0. The van der Waals surface area contributed by atoms with Crippen molar-refractivity contribution in [1.82, 2.24) is 55.3 Å². The van der Waals surface area contributed by atoms with E-state index >= 15 is 0 Å². The van der Waals surface area contributed by atoms with Gasteiger partial charge in [0.2, 0.25) is 11.7 Å². The van der Waals surface area contributed by atoms with E-state index in [0.29, 0.717) is 202 Å². The lowest BCUT2D eigenvalue weighted by Crippen LogP contribution is -2.61. The number of carbonyl (C=O) groups excluding carboxylic acids is 7. The normalized spacial score (nSPS) is 25.9. The fraction of sp³-hybridized carbons (Fsp3) is 0.670. The van der Waals surface area contributed by atoms with Crippen molar-refractivity contribution in [2.75, 3.05) is 144 Å². The molecule has 0 radical (unpaired) electrons. The smallest absolute Gasteiger partial charge is 0.407 e. The van der Waals surface area contributed by atoms with Crippen LogP contribution < -0.4 is 27.8 Å². The van der Waals surface area contributed by atoms with Gasteiger partial charge in [0.1, 0.15) is 65.3 Å². The number of cyclic esters (lactones) is 1. The number of oxazole rings is 1. The van der Waals surface area contributed by atoms with Gasteiger partial charge in [0.15, 0.2) is 17.0 Å². The number of nitrogen functional groups attached to an aromatic ring is 2. The Morgan fingerprint density at radius 1 is 0.738 bits per heavy atom. The van der Waals surface area contributed by atoms with E-state index in [1.165, 1.54) is 19.5 Å². The van der Waals surface area contributed by atoms with Gasteiger partial charge < -0.3 is 114 Å². The molecule has 2 saturated heterocycles. The van der Waals surface area contributed by atoms with Gasteiger partial charge in [-0.05, 0) is 132 Å². The molecule has 9 rings (SSSR count). The first-order valence-corrected chi connectivity index (χ1v) is 44.0. The number of aromatic nitrogens is 8. The molecule has 4 aromatic heterocycles. The molecular weight excluding hydrogens is 1640 g/mol. The molecule has 3 aliphatic heterocycles. The number of amides is 3. The molecule has 7 heterocycles. The minimum Gasteiger partial charge on any atom is -0.459 e. The Bertz CT molecular complexity index is 4380. The largest absolute Gasteiger partial charge is 0.459 e. The number of aliphatic hydroxyl groups excluding tert-OH is 2. The van der Waals surface area contributed by atoms with Gasteiger partial charge >= 0.3 is 12.1 Å². The predicted molar refractivity (Wildman–Crippen MR) is 461 cm³/mol. The topological polar surface area (TPSA) is 506 Å². The molecule has 1 saturated carbocycles.